The van der Waals surface area contributed by atoms with Crippen LogP contribution in [0.5, 0.6) is 5.75 Å². The van der Waals surface area contributed by atoms with Crippen molar-refractivity contribution in [3.8, 4) is 5.75 Å². The first-order valence-electron chi connectivity index (χ1n) is 4.95. The van der Waals surface area contributed by atoms with Crippen molar-refractivity contribution < 1.29 is 4.74 Å². The summed E-state index contributed by atoms with van der Waals surface area (Å²) in [4.78, 5) is 0. The van der Waals surface area contributed by atoms with Crippen LogP contribution in [0.1, 0.15) is 31.4 Å². The lowest BCUT2D eigenvalue weighted by Gasteiger charge is -2.25. The molecule has 0 spiro atoms. The number of benzene rings is 1. The summed E-state index contributed by atoms with van der Waals surface area (Å²) in [5, 5.41) is 0. The van der Waals surface area contributed by atoms with Gasteiger partial charge in [-0.05, 0) is 26.3 Å². The predicted octanol–water partition coefficient (Wildman–Crippen LogP) is 2.59. The van der Waals surface area contributed by atoms with Crippen LogP contribution in [0.2, 0.25) is 0 Å². The van der Waals surface area contributed by atoms with Crippen LogP contribution in [0, 0.1) is 6.92 Å². The van der Waals surface area contributed by atoms with Gasteiger partial charge in [-0.2, -0.15) is 0 Å². The third-order valence-electron chi connectivity index (χ3n) is 2.70. The lowest BCUT2D eigenvalue weighted by molar-refractivity contribution is 0.383. The molecule has 1 unspecified atom stereocenters. The zero-order valence-electron chi connectivity index (χ0n) is 9.42. The van der Waals surface area contributed by atoms with Crippen LogP contribution in [-0.2, 0) is 5.54 Å². The second kappa shape index (κ2) is 4.01. The first kappa shape index (κ1) is 11.1. The van der Waals surface area contributed by atoms with Gasteiger partial charge in [-0.15, -0.1) is 0 Å². The number of methoxy groups -OCH3 is 1. The Labute approximate surface area is 86.1 Å². The molecule has 0 bridgehead atoms. The van der Waals surface area contributed by atoms with Crippen molar-refractivity contribution >= 4 is 0 Å². The highest BCUT2D eigenvalue weighted by molar-refractivity contribution is 5.41. The minimum absolute atomic E-state index is 0.308. The van der Waals surface area contributed by atoms with E-state index in [4.69, 9.17) is 10.5 Å². The van der Waals surface area contributed by atoms with Crippen molar-refractivity contribution in [2.24, 2.45) is 5.73 Å². The Morgan fingerprint density at radius 3 is 2.57 bits per heavy atom. The molecule has 0 saturated heterocycles. The molecule has 0 aliphatic heterocycles. The smallest absolute Gasteiger partial charge is 0.123 e. The lowest BCUT2D eigenvalue weighted by Crippen LogP contribution is -2.32. The zero-order chi connectivity index (χ0) is 10.8. The maximum absolute atomic E-state index is 6.20. The van der Waals surface area contributed by atoms with Gasteiger partial charge < -0.3 is 10.5 Å². The van der Waals surface area contributed by atoms with Gasteiger partial charge in [-0.1, -0.05) is 24.6 Å². The molecular formula is C12H19NO. The fourth-order valence-corrected chi connectivity index (χ4v) is 1.46. The molecule has 0 heterocycles. The molecule has 0 aromatic heterocycles. The first-order valence-corrected chi connectivity index (χ1v) is 4.95. The number of ether oxygens (including phenoxy) is 1. The standard InChI is InChI=1S/C12H19NO/c1-5-12(3,13)10-8-9(2)6-7-11(10)14-4/h6-8H,5,13H2,1-4H3. The summed E-state index contributed by atoms with van der Waals surface area (Å²) in [6.07, 6.45) is 0.896. The van der Waals surface area contributed by atoms with Crippen molar-refractivity contribution in [1.82, 2.24) is 0 Å². The molecule has 0 amide bonds. The molecule has 1 atom stereocenters. The van der Waals surface area contributed by atoms with E-state index in [1.165, 1.54) is 5.56 Å². The van der Waals surface area contributed by atoms with E-state index in [2.05, 4.69) is 19.9 Å². The van der Waals surface area contributed by atoms with E-state index >= 15 is 0 Å². The molecule has 1 aromatic carbocycles. The highest BCUT2D eigenvalue weighted by atomic mass is 16.5. The Kier molecular flexibility index (Phi) is 3.17. The summed E-state index contributed by atoms with van der Waals surface area (Å²) in [7, 11) is 1.68. The van der Waals surface area contributed by atoms with Crippen LogP contribution in [0.15, 0.2) is 18.2 Å². The molecule has 2 N–H and O–H groups in total. The molecule has 0 radical (unpaired) electrons. The van der Waals surface area contributed by atoms with Gasteiger partial charge in [-0.3, -0.25) is 0 Å². The fourth-order valence-electron chi connectivity index (χ4n) is 1.46. The molecule has 0 aliphatic rings. The number of rotatable bonds is 3. The average Bonchev–Trinajstić information content (AvgIpc) is 2.18. The van der Waals surface area contributed by atoms with Crippen LogP contribution in [0.4, 0.5) is 0 Å². The van der Waals surface area contributed by atoms with E-state index in [0.29, 0.717) is 0 Å². The van der Waals surface area contributed by atoms with Crippen molar-refractivity contribution in [1.29, 1.82) is 0 Å². The fraction of sp³-hybridized carbons (Fsp3) is 0.500. The average molecular weight is 193 g/mol. The Morgan fingerprint density at radius 2 is 2.07 bits per heavy atom. The Balaban J connectivity index is 3.23. The number of hydrogen-bond acceptors (Lipinski definition) is 2. The molecule has 0 fully saturated rings. The summed E-state index contributed by atoms with van der Waals surface area (Å²) >= 11 is 0. The van der Waals surface area contributed by atoms with Gasteiger partial charge in [0.2, 0.25) is 0 Å². The molecule has 14 heavy (non-hydrogen) atoms. The van der Waals surface area contributed by atoms with Crippen LogP contribution in [-0.4, -0.2) is 7.11 Å². The van der Waals surface area contributed by atoms with Gasteiger partial charge in [0.25, 0.3) is 0 Å². The minimum Gasteiger partial charge on any atom is -0.496 e. The minimum atomic E-state index is -0.308. The van der Waals surface area contributed by atoms with E-state index < -0.39 is 0 Å². The molecular weight excluding hydrogens is 174 g/mol. The summed E-state index contributed by atoms with van der Waals surface area (Å²) in [6, 6.07) is 6.11. The van der Waals surface area contributed by atoms with Gasteiger partial charge in [0.1, 0.15) is 5.75 Å². The Bertz CT molecular complexity index is 318. The van der Waals surface area contributed by atoms with Gasteiger partial charge in [-0.25, -0.2) is 0 Å². The van der Waals surface area contributed by atoms with Crippen molar-refractivity contribution in [2.45, 2.75) is 32.7 Å². The van der Waals surface area contributed by atoms with Crippen LogP contribution in [0.3, 0.4) is 0 Å². The first-order chi connectivity index (χ1) is 6.51. The summed E-state index contributed by atoms with van der Waals surface area (Å²) in [6.45, 7) is 6.18. The molecule has 1 rings (SSSR count). The van der Waals surface area contributed by atoms with Crippen LogP contribution >= 0.6 is 0 Å². The van der Waals surface area contributed by atoms with E-state index in [9.17, 15) is 0 Å². The van der Waals surface area contributed by atoms with E-state index in [-0.39, 0.29) is 5.54 Å². The number of aryl methyl sites for hydroxylation is 1. The SMILES string of the molecule is CCC(C)(N)c1cc(C)ccc1OC. The Hall–Kier alpha value is -1.02. The molecule has 0 saturated carbocycles. The Morgan fingerprint density at radius 1 is 1.43 bits per heavy atom. The lowest BCUT2D eigenvalue weighted by atomic mass is 9.89. The van der Waals surface area contributed by atoms with E-state index in [1.807, 2.05) is 19.1 Å². The third kappa shape index (κ3) is 2.07. The van der Waals surface area contributed by atoms with Crippen LogP contribution < -0.4 is 10.5 Å². The molecule has 2 heteroatoms. The quantitative estimate of drug-likeness (QED) is 0.800. The van der Waals surface area contributed by atoms with Crippen molar-refractivity contribution in [3.63, 3.8) is 0 Å². The van der Waals surface area contributed by atoms with Gasteiger partial charge in [0, 0.05) is 11.1 Å². The molecule has 78 valence electrons. The predicted molar refractivity (Wildman–Crippen MR) is 59.6 cm³/mol. The highest BCUT2D eigenvalue weighted by Crippen LogP contribution is 2.30. The van der Waals surface area contributed by atoms with Crippen molar-refractivity contribution in [2.75, 3.05) is 7.11 Å². The molecule has 2 nitrogen and oxygen atoms in total. The normalized spacial score (nSPS) is 14.9. The topological polar surface area (TPSA) is 35.2 Å². The van der Waals surface area contributed by atoms with Crippen molar-refractivity contribution in [3.05, 3.63) is 29.3 Å². The second-order valence-corrected chi connectivity index (χ2v) is 3.97. The second-order valence-electron chi connectivity index (χ2n) is 3.97. The third-order valence-corrected chi connectivity index (χ3v) is 2.70. The molecule has 0 aliphatic carbocycles. The van der Waals surface area contributed by atoms with Gasteiger partial charge >= 0.3 is 0 Å². The maximum Gasteiger partial charge on any atom is 0.123 e. The highest BCUT2D eigenvalue weighted by Gasteiger charge is 2.22. The number of hydrogen-bond donors (Lipinski definition) is 1. The molecule has 1 aromatic rings. The van der Waals surface area contributed by atoms with E-state index in [0.717, 1.165) is 17.7 Å². The monoisotopic (exact) mass is 193 g/mol. The summed E-state index contributed by atoms with van der Waals surface area (Å²) in [5.41, 5.74) is 8.19. The van der Waals surface area contributed by atoms with Gasteiger partial charge in [0.05, 0.1) is 7.11 Å². The maximum atomic E-state index is 6.20. The largest absolute Gasteiger partial charge is 0.496 e. The summed E-state index contributed by atoms with van der Waals surface area (Å²) < 4.78 is 5.31. The van der Waals surface area contributed by atoms with Gasteiger partial charge in [0.15, 0.2) is 0 Å². The van der Waals surface area contributed by atoms with Crippen LogP contribution in [0.25, 0.3) is 0 Å². The zero-order valence-corrected chi connectivity index (χ0v) is 9.42. The number of nitrogens with two attached hydrogens (primary N) is 1. The van der Waals surface area contributed by atoms with E-state index in [1.54, 1.807) is 7.11 Å². The summed E-state index contributed by atoms with van der Waals surface area (Å²) in [5.74, 6) is 0.877.